The molecule has 0 unspecified atom stereocenters. The average molecular weight is 568 g/mol. The van der Waals surface area contributed by atoms with Crippen molar-refractivity contribution in [1.29, 1.82) is 0 Å². The van der Waals surface area contributed by atoms with Crippen LogP contribution in [-0.2, 0) is 0 Å². The van der Waals surface area contributed by atoms with Crippen molar-refractivity contribution in [3.63, 3.8) is 0 Å². The number of phenolic OH excluding ortho intramolecular Hbond substituents is 1. The molecule has 0 bridgehead atoms. The molecule has 0 radical (unpaired) electrons. The standard InChI is InChI=1S/C39H25N3O2/c43-31-24-23-29(28-20-12-22-33-35(28)30-19-10-11-21-32(30)44-33)36(34(31)25-13-4-1-5-14-25)39-41-37(26-15-6-2-7-16-26)40-38(42-39)27-17-8-3-9-18-27/h1-24,43H. The van der Waals surface area contributed by atoms with Crippen molar-refractivity contribution in [3.05, 3.63) is 146 Å². The van der Waals surface area contributed by atoms with Crippen LogP contribution in [0.3, 0.4) is 0 Å². The van der Waals surface area contributed by atoms with Gasteiger partial charge in [-0.05, 0) is 41.0 Å². The second kappa shape index (κ2) is 10.6. The summed E-state index contributed by atoms with van der Waals surface area (Å²) in [7, 11) is 0. The molecule has 2 heterocycles. The summed E-state index contributed by atoms with van der Waals surface area (Å²) < 4.78 is 6.26. The van der Waals surface area contributed by atoms with Gasteiger partial charge in [-0.25, -0.2) is 15.0 Å². The van der Waals surface area contributed by atoms with Crippen LogP contribution >= 0.6 is 0 Å². The van der Waals surface area contributed by atoms with Crippen LogP contribution in [0.15, 0.2) is 150 Å². The smallest absolute Gasteiger partial charge is 0.165 e. The molecule has 44 heavy (non-hydrogen) atoms. The number of aromatic hydroxyl groups is 1. The number of rotatable bonds is 5. The van der Waals surface area contributed by atoms with Gasteiger partial charge in [0, 0.05) is 33.0 Å². The first-order chi connectivity index (χ1) is 21.7. The number of furan rings is 1. The topological polar surface area (TPSA) is 72.0 Å². The summed E-state index contributed by atoms with van der Waals surface area (Å²) in [6, 6.07) is 47.5. The van der Waals surface area contributed by atoms with Gasteiger partial charge in [-0.1, -0.05) is 121 Å². The summed E-state index contributed by atoms with van der Waals surface area (Å²) in [6.07, 6.45) is 0. The van der Waals surface area contributed by atoms with Gasteiger partial charge >= 0.3 is 0 Å². The third-order valence-corrected chi connectivity index (χ3v) is 7.86. The third kappa shape index (κ3) is 4.39. The van der Waals surface area contributed by atoms with E-state index in [9.17, 15) is 5.11 Å². The lowest BCUT2D eigenvalue weighted by Gasteiger charge is -2.18. The highest BCUT2D eigenvalue weighted by atomic mass is 16.3. The molecule has 0 saturated carbocycles. The van der Waals surface area contributed by atoms with Gasteiger partial charge in [0.05, 0.1) is 0 Å². The number of aromatic nitrogens is 3. The Morgan fingerprint density at radius 3 is 1.61 bits per heavy atom. The van der Waals surface area contributed by atoms with Crippen molar-refractivity contribution in [1.82, 2.24) is 15.0 Å². The normalized spacial score (nSPS) is 11.3. The van der Waals surface area contributed by atoms with Crippen molar-refractivity contribution in [2.45, 2.75) is 0 Å². The van der Waals surface area contributed by atoms with E-state index in [1.807, 2.05) is 127 Å². The van der Waals surface area contributed by atoms with Crippen molar-refractivity contribution < 1.29 is 9.52 Å². The lowest BCUT2D eigenvalue weighted by atomic mass is 9.88. The van der Waals surface area contributed by atoms with Crippen molar-refractivity contribution in [2.24, 2.45) is 0 Å². The molecule has 5 heteroatoms. The van der Waals surface area contributed by atoms with E-state index in [1.165, 1.54) is 0 Å². The molecule has 0 spiro atoms. The highest BCUT2D eigenvalue weighted by Crippen LogP contribution is 2.47. The van der Waals surface area contributed by atoms with E-state index in [1.54, 1.807) is 6.07 Å². The Morgan fingerprint density at radius 1 is 0.409 bits per heavy atom. The lowest BCUT2D eigenvalue weighted by Crippen LogP contribution is -2.02. The number of phenols is 1. The van der Waals surface area contributed by atoms with Gasteiger partial charge < -0.3 is 9.52 Å². The molecule has 8 rings (SSSR count). The van der Waals surface area contributed by atoms with Gasteiger partial charge in [0.15, 0.2) is 17.5 Å². The van der Waals surface area contributed by atoms with E-state index >= 15 is 0 Å². The van der Waals surface area contributed by atoms with Gasteiger partial charge in [-0.15, -0.1) is 0 Å². The van der Waals surface area contributed by atoms with Gasteiger partial charge in [0.2, 0.25) is 0 Å². The van der Waals surface area contributed by atoms with Crippen LogP contribution < -0.4 is 0 Å². The fourth-order valence-electron chi connectivity index (χ4n) is 5.86. The van der Waals surface area contributed by atoms with E-state index < -0.39 is 0 Å². The Morgan fingerprint density at radius 2 is 0.955 bits per heavy atom. The van der Waals surface area contributed by atoms with Gasteiger partial charge in [-0.3, -0.25) is 0 Å². The minimum Gasteiger partial charge on any atom is -0.507 e. The van der Waals surface area contributed by atoms with Crippen molar-refractivity contribution in [3.8, 4) is 62.2 Å². The van der Waals surface area contributed by atoms with E-state index in [2.05, 4.69) is 12.1 Å². The minimum atomic E-state index is 0.141. The highest BCUT2D eigenvalue weighted by Gasteiger charge is 2.24. The quantitative estimate of drug-likeness (QED) is 0.224. The fourth-order valence-corrected chi connectivity index (χ4v) is 5.86. The first kappa shape index (κ1) is 25.6. The molecule has 2 aromatic heterocycles. The number of benzene rings is 6. The summed E-state index contributed by atoms with van der Waals surface area (Å²) >= 11 is 0. The average Bonchev–Trinajstić information content (AvgIpc) is 3.48. The molecule has 8 aromatic rings. The predicted octanol–water partition coefficient (Wildman–Crippen LogP) is 9.81. The lowest BCUT2D eigenvalue weighted by molar-refractivity contribution is 0.477. The van der Waals surface area contributed by atoms with E-state index in [4.69, 9.17) is 19.4 Å². The molecule has 0 fully saturated rings. The summed E-state index contributed by atoms with van der Waals surface area (Å²) in [4.78, 5) is 15.1. The van der Waals surface area contributed by atoms with Gasteiger partial charge in [-0.2, -0.15) is 0 Å². The SMILES string of the molecule is Oc1ccc(-c2cccc3oc4ccccc4c23)c(-c2nc(-c3ccccc3)nc(-c3ccccc3)n2)c1-c1ccccc1. The largest absolute Gasteiger partial charge is 0.507 e. The Balaban J connectivity index is 1.50. The van der Waals surface area contributed by atoms with E-state index in [0.717, 1.165) is 49.8 Å². The zero-order chi connectivity index (χ0) is 29.5. The summed E-state index contributed by atoms with van der Waals surface area (Å²) in [6.45, 7) is 0. The second-order valence-corrected chi connectivity index (χ2v) is 10.6. The Bertz CT molecular complexity index is 2220. The fraction of sp³-hybridized carbons (Fsp3) is 0. The molecular weight excluding hydrogens is 542 g/mol. The molecule has 208 valence electrons. The van der Waals surface area contributed by atoms with Crippen molar-refractivity contribution >= 4 is 21.9 Å². The Labute approximate surface area is 253 Å². The van der Waals surface area contributed by atoms with E-state index in [0.29, 0.717) is 28.6 Å². The first-order valence-electron chi connectivity index (χ1n) is 14.4. The van der Waals surface area contributed by atoms with Gasteiger partial charge in [0.1, 0.15) is 16.9 Å². The molecular formula is C39H25N3O2. The van der Waals surface area contributed by atoms with Gasteiger partial charge in [0.25, 0.3) is 0 Å². The van der Waals surface area contributed by atoms with Crippen molar-refractivity contribution in [2.75, 3.05) is 0 Å². The monoisotopic (exact) mass is 567 g/mol. The molecule has 0 atom stereocenters. The van der Waals surface area contributed by atoms with Crippen LogP contribution in [-0.4, -0.2) is 20.1 Å². The maximum Gasteiger partial charge on any atom is 0.165 e. The number of para-hydroxylation sites is 1. The summed E-state index contributed by atoms with van der Waals surface area (Å²) in [5.74, 6) is 1.71. The molecule has 5 nitrogen and oxygen atoms in total. The van der Waals surface area contributed by atoms with Crippen LogP contribution in [0.25, 0.3) is 78.4 Å². The third-order valence-electron chi connectivity index (χ3n) is 7.86. The maximum atomic E-state index is 11.5. The molecule has 0 amide bonds. The molecule has 1 N–H and O–H groups in total. The highest BCUT2D eigenvalue weighted by molar-refractivity contribution is 6.14. The second-order valence-electron chi connectivity index (χ2n) is 10.6. The van der Waals surface area contributed by atoms with Crippen LogP contribution in [0.1, 0.15) is 0 Å². The Hall–Kier alpha value is -6.07. The molecule has 6 aromatic carbocycles. The van der Waals surface area contributed by atoms with E-state index in [-0.39, 0.29) is 5.75 Å². The number of fused-ring (bicyclic) bond motifs is 3. The summed E-state index contributed by atoms with van der Waals surface area (Å²) in [5, 5.41) is 13.5. The van der Waals surface area contributed by atoms with Crippen LogP contribution in [0.5, 0.6) is 5.75 Å². The predicted molar refractivity (Wildman–Crippen MR) is 176 cm³/mol. The zero-order valence-corrected chi connectivity index (χ0v) is 23.6. The van der Waals surface area contributed by atoms with Crippen LogP contribution in [0, 0.1) is 0 Å². The molecule has 0 saturated heterocycles. The number of nitrogens with zero attached hydrogens (tertiary/aromatic N) is 3. The number of hydrogen-bond donors (Lipinski definition) is 1. The molecule has 0 aliphatic heterocycles. The van der Waals surface area contributed by atoms with Crippen LogP contribution in [0.4, 0.5) is 0 Å². The molecule has 0 aliphatic rings. The summed E-state index contributed by atoms with van der Waals surface area (Å²) in [5.41, 5.74) is 7.41. The molecule has 0 aliphatic carbocycles. The first-order valence-corrected chi connectivity index (χ1v) is 14.4. The minimum absolute atomic E-state index is 0.141. The number of hydrogen-bond acceptors (Lipinski definition) is 5. The maximum absolute atomic E-state index is 11.5. The van der Waals surface area contributed by atoms with Crippen LogP contribution in [0.2, 0.25) is 0 Å². The Kier molecular flexibility index (Phi) is 6.20. The zero-order valence-electron chi connectivity index (χ0n) is 23.6.